The van der Waals surface area contributed by atoms with E-state index in [2.05, 4.69) is 23.5 Å². The molecule has 0 atom stereocenters. The van der Waals surface area contributed by atoms with Crippen LogP contribution in [0.4, 0.5) is 10.1 Å². The third kappa shape index (κ3) is 4.06. The van der Waals surface area contributed by atoms with E-state index in [9.17, 15) is 4.39 Å². The van der Waals surface area contributed by atoms with E-state index in [1.54, 1.807) is 25.3 Å². The van der Waals surface area contributed by atoms with Crippen molar-refractivity contribution in [1.29, 1.82) is 0 Å². The van der Waals surface area contributed by atoms with Crippen LogP contribution in [-0.2, 0) is 6.54 Å². The summed E-state index contributed by atoms with van der Waals surface area (Å²) in [6, 6.07) is 18.7. The van der Waals surface area contributed by atoms with Crippen LogP contribution in [0.1, 0.15) is 5.56 Å². The van der Waals surface area contributed by atoms with Crippen molar-refractivity contribution in [3.05, 3.63) is 72.0 Å². The van der Waals surface area contributed by atoms with Crippen LogP contribution in [-0.4, -0.2) is 24.2 Å². The van der Waals surface area contributed by atoms with Gasteiger partial charge in [-0.3, -0.25) is 0 Å². The predicted molar refractivity (Wildman–Crippen MR) is 105 cm³/mol. The van der Waals surface area contributed by atoms with Crippen molar-refractivity contribution in [3.63, 3.8) is 0 Å². The summed E-state index contributed by atoms with van der Waals surface area (Å²) in [5.74, 6) is 0.519. The van der Waals surface area contributed by atoms with E-state index in [0.717, 1.165) is 22.1 Å². The number of rotatable bonds is 4. The van der Waals surface area contributed by atoms with Gasteiger partial charge in [0.15, 0.2) is 5.11 Å². The number of ether oxygens (including phenoxy) is 1. The number of anilines is 1. The minimum Gasteiger partial charge on any atom is -0.497 e. The average molecular weight is 354 g/mol. The highest BCUT2D eigenvalue weighted by Gasteiger charge is 2.09. The van der Waals surface area contributed by atoms with E-state index in [1.165, 1.54) is 6.07 Å². The molecule has 5 heteroatoms. The Kier molecular flexibility index (Phi) is 5.14. The molecule has 0 saturated heterocycles. The number of hydrogen-bond donors (Lipinski definition) is 1. The first-order chi connectivity index (χ1) is 12.1. The van der Waals surface area contributed by atoms with Gasteiger partial charge < -0.3 is 15.0 Å². The molecule has 0 unspecified atom stereocenters. The zero-order chi connectivity index (χ0) is 17.8. The first-order valence-electron chi connectivity index (χ1n) is 7.90. The number of nitrogens with zero attached hydrogens (tertiary/aromatic N) is 1. The molecule has 0 aliphatic heterocycles. The molecule has 3 rings (SSSR count). The van der Waals surface area contributed by atoms with Gasteiger partial charge >= 0.3 is 0 Å². The Morgan fingerprint density at radius 1 is 1.08 bits per heavy atom. The van der Waals surface area contributed by atoms with Gasteiger partial charge in [0, 0.05) is 13.6 Å². The lowest BCUT2D eigenvalue weighted by molar-refractivity contribution is 0.415. The fourth-order valence-corrected chi connectivity index (χ4v) is 2.79. The van der Waals surface area contributed by atoms with Crippen molar-refractivity contribution in [3.8, 4) is 5.75 Å². The van der Waals surface area contributed by atoms with Gasteiger partial charge in [-0.2, -0.15) is 0 Å². The number of nitrogens with one attached hydrogen (secondary N) is 1. The zero-order valence-electron chi connectivity index (χ0n) is 14.1. The highest BCUT2D eigenvalue weighted by Crippen LogP contribution is 2.22. The molecule has 0 heterocycles. The van der Waals surface area contributed by atoms with Crippen LogP contribution in [0.15, 0.2) is 60.7 Å². The van der Waals surface area contributed by atoms with Crippen molar-refractivity contribution in [2.45, 2.75) is 6.54 Å². The average Bonchev–Trinajstić information content (AvgIpc) is 2.63. The largest absolute Gasteiger partial charge is 0.497 e. The summed E-state index contributed by atoms with van der Waals surface area (Å²) in [4.78, 5) is 1.88. The highest BCUT2D eigenvalue weighted by molar-refractivity contribution is 7.80. The summed E-state index contributed by atoms with van der Waals surface area (Å²) in [5.41, 5.74) is 1.50. The molecule has 1 N–H and O–H groups in total. The maximum absolute atomic E-state index is 13.7. The van der Waals surface area contributed by atoms with Crippen molar-refractivity contribution in [1.82, 2.24) is 4.90 Å². The number of hydrogen-bond acceptors (Lipinski definition) is 2. The van der Waals surface area contributed by atoms with Gasteiger partial charge in [0.05, 0.1) is 12.8 Å². The standard InChI is InChI=1S/C20H19FN2OS/c1-23(20(25)22-19-6-4-3-5-18(19)21)13-14-7-8-16-12-17(24-2)10-9-15(16)11-14/h3-12H,13H2,1-2H3,(H,22,25). The monoisotopic (exact) mass is 354 g/mol. The fraction of sp³-hybridized carbons (Fsp3) is 0.150. The molecule has 0 radical (unpaired) electrons. The highest BCUT2D eigenvalue weighted by atomic mass is 32.1. The molecule has 128 valence electrons. The SMILES string of the molecule is COc1ccc2cc(CN(C)C(=S)Nc3ccccc3F)ccc2c1. The predicted octanol–water partition coefficient (Wildman–Crippen LogP) is 4.82. The van der Waals surface area contributed by atoms with Crippen LogP contribution in [0.2, 0.25) is 0 Å². The lowest BCUT2D eigenvalue weighted by Gasteiger charge is -2.21. The molecule has 0 aliphatic rings. The summed E-state index contributed by atoms with van der Waals surface area (Å²) in [5, 5.41) is 5.68. The maximum atomic E-state index is 13.7. The van der Waals surface area contributed by atoms with Crippen molar-refractivity contribution in [2.24, 2.45) is 0 Å². The first-order valence-corrected chi connectivity index (χ1v) is 8.31. The van der Waals surface area contributed by atoms with Crippen LogP contribution < -0.4 is 10.1 Å². The second-order valence-corrected chi connectivity index (χ2v) is 6.20. The second-order valence-electron chi connectivity index (χ2n) is 5.81. The van der Waals surface area contributed by atoms with Crippen LogP contribution in [0, 0.1) is 5.82 Å². The molecule has 0 spiro atoms. The Balaban J connectivity index is 1.71. The van der Waals surface area contributed by atoms with E-state index in [1.807, 2.05) is 30.1 Å². The molecule has 0 saturated carbocycles. The molecule has 0 aliphatic carbocycles. The number of benzene rings is 3. The Morgan fingerprint density at radius 3 is 2.56 bits per heavy atom. The fourth-order valence-electron chi connectivity index (χ4n) is 2.62. The Labute approximate surface area is 152 Å². The summed E-state index contributed by atoms with van der Waals surface area (Å²) in [7, 11) is 3.54. The van der Waals surface area contributed by atoms with Gasteiger partial charge in [-0.1, -0.05) is 30.3 Å². The molecule has 0 fully saturated rings. The van der Waals surface area contributed by atoms with Gasteiger partial charge in [0.1, 0.15) is 11.6 Å². The normalized spacial score (nSPS) is 10.5. The molecule has 3 aromatic carbocycles. The van der Waals surface area contributed by atoms with Gasteiger partial charge in [-0.25, -0.2) is 4.39 Å². The van der Waals surface area contributed by atoms with Crippen LogP contribution in [0.3, 0.4) is 0 Å². The number of halogens is 1. The van der Waals surface area contributed by atoms with Crippen molar-refractivity contribution < 1.29 is 9.13 Å². The summed E-state index contributed by atoms with van der Waals surface area (Å²) in [6.45, 7) is 0.627. The number of fused-ring (bicyclic) bond motifs is 1. The van der Waals surface area contributed by atoms with E-state index in [4.69, 9.17) is 17.0 Å². The summed E-state index contributed by atoms with van der Waals surface area (Å²) >= 11 is 5.38. The van der Waals surface area contributed by atoms with Crippen LogP contribution in [0.25, 0.3) is 10.8 Å². The quantitative estimate of drug-likeness (QED) is 0.679. The molecule has 0 bridgehead atoms. The van der Waals surface area contributed by atoms with E-state index in [-0.39, 0.29) is 5.82 Å². The van der Waals surface area contributed by atoms with Gasteiger partial charge in [0.2, 0.25) is 0 Å². The Morgan fingerprint density at radius 2 is 1.80 bits per heavy atom. The molecular formula is C20H19FN2OS. The number of thiocarbonyl (C=S) groups is 1. The maximum Gasteiger partial charge on any atom is 0.173 e. The molecule has 0 amide bonds. The third-order valence-corrected chi connectivity index (χ3v) is 4.41. The second kappa shape index (κ2) is 7.49. The van der Waals surface area contributed by atoms with Gasteiger partial charge in [0.25, 0.3) is 0 Å². The molecule has 25 heavy (non-hydrogen) atoms. The Bertz CT molecular complexity index is 913. The number of para-hydroxylation sites is 1. The molecule has 3 nitrogen and oxygen atoms in total. The molecule has 0 aromatic heterocycles. The topological polar surface area (TPSA) is 24.5 Å². The molecule has 3 aromatic rings. The summed E-state index contributed by atoms with van der Waals surface area (Å²) in [6.07, 6.45) is 0. The lowest BCUT2D eigenvalue weighted by Crippen LogP contribution is -2.30. The van der Waals surface area contributed by atoms with E-state index < -0.39 is 0 Å². The minimum atomic E-state index is -0.321. The van der Waals surface area contributed by atoms with Crippen molar-refractivity contribution >= 4 is 33.8 Å². The van der Waals surface area contributed by atoms with Crippen molar-refractivity contribution in [2.75, 3.05) is 19.5 Å². The first kappa shape index (κ1) is 17.2. The van der Waals surface area contributed by atoms with Gasteiger partial charge in [-0.15, -0.1) is 0 Å². The zero-order valence-corrected chi connectivity index (χ0v) is 14.9. The van der Waals surface area contributed by atoms with E-state index in [0.29, 0.717) is 17.3 Å². The van der Waals surface area contributed by atoms with Crippen LogP contribution >= 0.6 is 12.2 Å². The van der Waals surface area contributed by atoms with E-state index >= 15 is 0 Å². The number of methoxy groups -OCH3 is 1. The minimum absolute atomic E-state index is 0.321. The molecular weight excluding hydrogens is 335 g/mol. The van der Waals surface area contributed by atoms with Gasteiger partial charge in [-0.05, 0) is 58.9 Å². The lowest BCUT2D eigenvalue weighted by atomic mass is 10.1. The third-order valence-electron chi connectivity index (χ3n) is 3.99. The Hall–Kier alpha value is -2.66. The smallest absolute Gasteiger partial charge is 0.173 e. The summed E-state index contributed by atoms with van der Waals surface area (Å²) < 4.78 is 19.0. The van der Waals surface area contributed by atoms with Crippen LogP contribution in [0.5, 0.6) is 5.75 Å².